The van der Waals surface area contributed by atoms with Crippen molar-refractivity contribution in [3.05, 3.63) is 77.4 Å². The molecule has 7 nitrogen and oxygen atoms in total. The Balaban J connectivity index is 1.56. The standard InChI is InChI=1S/C25H26F3N5O2/c1-32(18-10-3-2-4-11-18)24(35)20(15-17-9-7-8-14-29-17)30-22(34)16-33-21-13-6-5-12-19(21)23(31-33)25(26,27)28/h2-4,7-11,14,20H,5-6,12-13,15-16H2,1H3,(H,30,34)/t20-/m0/s1. The molecule has 1 N–H and O–H groups in total. The predicted octanol–water partition coefficient (Wildman–Crippen LogP) is 3.57. The molecule has 1 atom stereocenters. The summed E-state index contributed by atoms with van der Waals surface area (Å²) >= 11 is 0. The quantitative estimate of drug-likeness (QED) is 0.555. The maximum Gasteiger partial charge on any atom is 0.435 e. The van der Waals surface area contributed by atoms with Gasteiger partial charge in [-0.2, -0.15) is 18.3 Å². The number of rotatable bonds is 7. The van der Waals surface area contributed by atoms with Gasteiger partial charge in [0.25, 0.3) is 0 Å². The van der Waals surface area contributed by atoms with Crippen LogP contribution in [-0.2, 0) is 41.6 Å². The number of hydrogen-bond donors (Lipinski definition) is 1. The summed E-state index contributed by atoms with van der Waals surface area (Å²) in [4.78, 5) is 32.0. The Hall–Kier alpha value is -3.69. The molecule has 184 valence electrons. The van der Waals surface area contributed by atoms with Crippen molar-refractivity contribution in [2.75, 3.05) is 11.9 Å². The number of likely N-dealkylation sites (N-methyl/N-ethyl adjacent to an activating group) is 1. The summed E-state index contributed by atoms with van der Waals surface area (Å²) in [6, 6.07) is 13.3. The van der Waals surface area contributed by atoms with Crippen molar-refractivity contribution in [3.63, 3.8) is 0 Å². The van der Waals surface area contributed by atoms with E-state index < -0.39 is 30.4 Å². The van der Waals surface area contributed by atoms with Gasteiger partial charge in [0.1, 0.15) is 12.6 Å². The minimum Gasteiger partial charge on any atom is -0.342 e. The van der Waals surface area contributed by atoms with Gasteiger partial charge >= 0.3 is 6.18 Å². The molecule has 10 heteroatoms. The van der Waals surface area contributed by atoms with Gasteiger partial charge in [-0.1, -0.05) is 24.3 Å². The molecule has 1 aliphatic rings. The molecule has 0 spiro atoms. The van der Waals surface area contributed by atoms with Crippen LogP contribution in [0.2, 0.25) is 0 Å². The zero-order valence-electron chi connectivity index (χ0n) is 19.3. The van der Waals surface area contributed by atoms with Crippen LogP contribution in [0.15, 0.2) is 54.7 Å². The number of pyridine rings is 1. The zero-order valence-corrected chi connectivity index (χ0v) is 19.3. The highest BCUT2D eigenvalue weighted by Crippen LogP contribution is 2.35. The van der Waals surface area contributed by atoms with Gasteiger partial charge in [0.05, 0.1) is 0 Å². The third-order valence-corrected chi connectivity index (χ3v) is 6.07. The van der Waals surface area contributed by atoms with E-state index in [2.05, 4.69) is 15.4 Å². The number of para-hydroxylation sites is 1. The third-order valence-electron chi connectivity index (χ3n) is 6.07. The number of nitrogens with zero attached hydrogens (tertiary/aromatic N) is 4. The fourth-order valence-electron chi connectivity index (χ4n) is 4.35. The van der Waals surface area contributed by atoms with E-state index in [1.54, 1.807) is 55.7 Å². The number of carbonyl (C=O) groups is 2. The third kappa shape index (κ3) is 5.70. The predicted molar refractivity (Wildman–Crippen MR) is 124 cm³/mol. The number of alkyl halides is 3. The van der Waals surface area contributed by atoms with Crippen LogP contribution in [-0.4, -0.2) is 39.7 Å². The molecule has 2 heterocycles. The maximum atomic E-state index is 13.5. The number of aromatic nitrogens is 3. The van der Waals surface area contributed by atoms with E-state index in [1.165, 1.54) is 4.90 Å². The Kier molecular flexibility index (Phi) is 7.18. The smallest absolute Gasteiger partial charge is 0.342 e. The number of carbonyl (C=O) groups excluding carboxylic acids is 2. The summed E-state index contributed by atoms with van der Waals surface area (Å²) in [6.45, 7) is -0.403. The van der Waals surface area contributed by atoms with Gasteiger partial charge in [-0.25, -0.2) is 0 Å². The topological polar surface area (TPSA) is 80.1 Å². The first-order chi connectivity index (χ1) is 16.7. The highest BCUT2D eigenvalue weighted by atomic mass is 19.4. The lowest BCUT2D eigenvalue weighted by molar-refractivity contribution is -0.142. The molecule has 2 amide bonds. The number of nitrogens with one attached hydrogen (secondary N) is 1. The van der Waals surface area contributed by atoms with Gasteiger partial charge in [-0.15, -0.1) is 0 Å². The molecule has 0 saturated heterocycles. The second-order valence-corrected chi connectivity index (χ2v) is 8.51. The van der Waals surface area contributed by atoms with Gasteiger partial charge in [0.2, 0.25) is 11.8 Å². The molecular formula is C25H26F3N5O2. The Morgan fingerprint density at radius 3 is 2.49 bits per heavy atom. The largest absolute Gasteiger partial charge is 0.435 e. The second-order valence-electron chi connectivity index (χ2n) is 8.51. The Morgan fingerprint density at radius 1 is 1.09 bits per heavy atom. The van der Waals surface area contributed by atoms with E-state index in [0.717, 1.165) is 11.1 Å². The lowest BCUT2D eigenvalue weighted by atomic mass is 9.95. The molecule has 1 aliphatic carbocycles. The molecular weight excluding hydrogens is 459 g/mol. The van der Waals surface area contributed by atoms with Crippen molar-refractivity contribution in [3.8, 4) is 0 Å². The number of hydrogen-bond acceptors (Lipinski definition) is 4. The van der Waals surface area contributed by atoms with Crippen molar-refractivity contribution in [1.82, 2.24) is 20.1 Å². The van der Waals surface area contributed by atoms with Crippen molar-refractivity contribution >= 4 is 17.5 Å². The van der Waals surface area contributed by atoms with E-state index in [1.807, 2.05) is 6.07 Å². The molecule has 2 aromatic heterocycles. The summed E-state index contributed by atoms with van der Waals surface area (Å²) in [5.41, 5.74) is 0.927. The molecule has 35 heavy (non-hydrogen) atoms. The van der Waals surface area contributed by atoms with Crippen LogP contribution < -0.4 is 10.2 Å². The summed E-state index contributed by atoms with van der Waals surface area (Å²) in [7, 11) is 1.61. The maximum absolute atomic E-state index is 13.5. The fourth-order valence-corrected chi connectivity index (χ4v) is 4.35. The molecule has 0 saturated carbocycles. The van der Waals surface area contributed by atoms with Gasteiger partial charge in [-0.3, -0.25) is 19.3 Å². The molecule has 0 aliphatic heterocycles. The Labute approximate surface area is 201 Å². The molecule has 0 radical (unpaired) electrons. The molecule has 0 fully saturated rings. The van der Waals surface area contributed by atoms with E-state index in [-0.39, 0.29) is 24.3 Å². The van der Waals surface area contributed by atoms with Crippen molar-refractivity contribution in [2.24, 2.45) is 0 Å². The number of amides is 2. The Morgan fingerprint density at radius 2 is 1.80 bits per heavy atom. The first kappa shape index (κ1) is 24.4. The van der Waals surface area contributed by atoms with Gasteiger partial charge in [-0.05, 0) is 49.9 Å². The second kappa shape index (κ2) is 10.3. The van der Waals surface area contributed by atoms with E-state index in [4.69, 9.17) is 0 Å². The minimum atomic E-state index is -4.58. The number of benzene rings is 1. The van der Waals surface area contributed by atoms with Crippen LogP contribution in [0.3, 0.4) is 0 Å². The summed E-state index contributed by atoms with van der Waals surface area (Å²) < 4.78 is 41.6. The average molecular weight is 486 g/mol. The van der Waals surface area contributed by atoms with Crippen LogP contribution in [0.4, 0.5) is 18.9 Å². The van der Waals surface area contributed by atoms with Crippen molar-refractivity contribution in [1.29, 1.82) is 0 Å². The van der Waals surface area contributed by atoms with Crippen LogP contribution in [0.25, 0.3) is 0 Å². The first-order valence-electron chi connectivity index (χ1n) is 11.4. The highest BCUT2D eigenvalue weighted by molar-refractivity contribution is 5.98. The van der Waals surface area contributed by atoms with Crippen molar-refractivity contribution in [2.45, 2.75) is 50.9 Å². The minimum absolute atomic E-state index is 0.133. The summed E-state index contributed by atoms with van der Waals surface area (Å²) in [5.74, 6) is -0.959. The summed E-state index contributed by atoms with van der Waals surface area (Å²) in [6.07, 6.45) is -0.755. The SMILES string of the molecule is CN(C(=O)[C@H](Cc1ccccn1)NC(=O)Cn1nc(C(F)(F)F)c2c1CCCC2)c1ccccc1. The molecule has 1 aromatic carbocycles. The normalized spacial score (nSPS) is 14.2. The molecule has 0 unspecified atom stereocenters. The van der Waals surface area contributed by atoms with Crippen LogP contribution in [0, 0.1) is 0 Å². The summed E-state index contributed by atoms with van der Waals surface area (Å²) in [5, 5.41) is 6.45. The van der Waals surface area contributed by atoms with E-state index in [9.17, 15) is 22.8 Å². The van der Waals surface area contributed by atoms with Gasteiger partial charge in [0, 0.05) is 42.3 Å². The lowest BCUT2D eigenvalue weighted by Crippen LogP contribution is -2.49. The zero-order chi connectivity index (χ0) is 25.0. The fraction of sp³-hybridized carbons (Fsp3) is 0.360. The van der Waals surface area contributed by atoms with E-state index >= 15 is 0 Å². The van der Waals surface area contributed by atoms with Crippen molar-refractivity contribution < 1.29 is 22.8 Å². The first-order valence-corrected chi connectivity index (χ1v) is 11.4. The Bertz CT molecular complexity index is 1180. The molecule has 3 aromatic rings. The van der Waals surface area contributed by atoms with Crippen LogP contribution >= 0.6 is 0 Å². The van der Waals surface area contributed by atoms with Crippen LogP contribution in [0.5, 0.6) is 0 Å². The monoisotopic (exact) mass is 485 g/mol. The van der Waals surface area contributed by atoms with Gasteiger partial charge < -0.3 is 10.2 Å². The highest BCUT2D eigenvalue weighted by Gasteiger charge is 2.39. The molecule has 4 rings (SSSR count). The van der Waals surface area contributed by atoms with Gasteiger partial charge in [0.15, 0.2) is 5.69 Å². The number of anilines is 1. The molecule has 0 bridgehead atoms. The average Bonchev–Trinajstić information content (AvgIpc) is 3.23. The van der Waals surface area contributed by atoms with Crippen LogP contribution in [0.1, 0.15) is 35.5 Å². The lowest BCUT2D eigenvalue weighted by Gasteiger charge is -2.25. The number of fused-ring (bicyclic) bond motifs is 1. The van der Waals surface area contributed by atoms with E-state index in [0.29, 0.717) is 29.9 Å². The number of halogens is 3.